The molecule has 2 heteroatoms. The van der Waals surface area contributed by atoms with Crippen molar-refractivity contribution in [3.8, 4) is 5.88 Å². The first kappa shape index (κ1) is 8.05. The average molecular weight is 173 g/mol. The zero-order valence-corrected chi connectivity index (χ0v) is 7.74. The topological polar surface area (TPSA) is 22.1 Å². The molecule has 0 fully saturated rings. The minimum absolute atomic E-state index is 0.696. The minimum atomic E-state index is 0.696. The average Bonchev–Trinajstić information content (AvgIpc) is 2.19. The number of hydrogen-bond acceptors (Lipinski definition) is 2. The molecule has 2 rings (SSSR count). The Hall–Kier alpha value is -1.57. The van der Waals surface area contributed by atoms with Gasteiger partial charge in [-0.3, -0.25) is 0 Å². The third kappa shape index (κ3) is 1.24. The molecule has 2 aromatic rings. The van der Waals surface area contributed by atoms with Crippen molar-refractivity contribution < 1.29 is 4.74 Å². The Balaban J connectivity index is 2.84. The number of methoxy groups -OCH3 is 1. The van der Waals surface area contributed by atoms with E-state index in [-0.39, 0.29) is 0 Å². The lowest BCUT2D eigenvalue weighted by Gasteiger charge is -2.05. The van der Waals surface area contributed by atoms with Crippen LogP contribution >= 0.6 is 0 Å². The Labute approximate surface area is 77.2 Å². The first-order valence-corrected chi connectivity index (χ1v) is 4.21. The van der Waals surface area contributed by atoms with Crippen LogP contribution in [0.3, 0.4) is 0 Å². The summed E-state index contributed by atoms with van der Waals surface area (Å²) in [6, 6.07) is 8.11. The van der Waals surface area contributed by atoms with Gasteiger partial charge in [0.1, 0.15) is 0 Å². The second kappa shape index (κ2) is 3.05. The van der Waals surface area contributed by atoms with E-state index in [2.05, 4.69) is 18.0 Å². The monoisotopic (exact) mass is 173 g/mol. The number of aromatic nitrogens is 1. The predicted molar refractivity (Wildman–Crippen MR) is 53.0 cm³/mol. The highest BCUT2D eigenvalue weighted by Gasteiger charge is 2.02. The van der Waals surface area contributed by atoms with Crippen molar-refractivity contribution in [1.29, 1.82) is 0 Å². The number of rotatable bonds is 1. The summed E-state index contributed by atoms with van der Waals surface area (Å²) in [5.41, 5.74) is 1.18. The molecule has 13 heavy (non-hydrogen) atoms. The Kier molecular flexibility index (Phi) is 1.89. The van der Waals surface area contributed by atoms with Gasteiger partial charge in [-0.25, -0.2) is 4.98 Å². The molecule has 1 aromatic heterocycles. The smallest absolute Gasteiger partial charge is 0.221 e. The maximum Gasteiger partial charge on any atom is 0.221 e. The van der Waals surface area contributed by atoms with Crippen LogP contribution in [0.15, 0.2) is 30.5 Å². The van der Waals surface area contributed by atoms with E-state index in [4.69, 9.17) is 4.74 Å². The normalized spacial score (nSPS) is 10.3. The van der Waals surface area contributed by atoms with Crippen molar-refractivity contribution in [1.82, 2.24) is 4.98 Å². The van der Waals surface area contributed by atoms with Gasteiger partial charge in [-0.05, 0) is 23.9 Å². The Morgan fingerprint density at radius 1 is 1.15 bits per heavy atom. The number of ether oxygens (including phenoxy) is 1. The van der Waals surface area contributed by atoms with Crippen LogP contribution in [0.2, 0.25) is 0 Å². The van der Waals surface area contributed by atoms with Crippen LogP contribution in [-0.4, -0.2) is 12.1 Å². The molecular formula is C11H11NO. The fraction of sp³-hybridized carbons (Fsp3) is 0.182. The Morgan fingerprint density at radius 2 is 1.85 bits per heavy atom. The molecular weight excluding hydrogens is 162 g/mol. The van der Waals surface area contributed by atoms with Crippen LogP contribution in [0.1, 0.15) is 5.56 Å². The van der Waals surface area contributed by atoms with Crippen molar-refractivity contribution in [2.45, 2.75) is 6.92 Å². The molecule has 0 atom stereocenters. The molecule has 1 aromatic carbocycles. The summed E-state index contributed by atoms with van der Waals surface area (Å²) in [6.07, 6.45) is 1.83. The van der Waals surface area contributed by atoms with E-state index in [9.17, 15) is 0 Å². The molecule has 0 aliphatic heterocycles. The molecule has 0 radical (unpaired) electrons. The third-order valence-electron chi connectivity index (χ3n) is 2.15. The second-order valence-electron chi connectivity index (χ2n) is 3.00. The standard InChI is InChI=1S/C11H11NO/c1-8-7-12-11(13-2)10-6-4-3-5-9(8)10/h3-7H,1-2H3. The van der Waals surface area contributed by atoms with Gasteiger partial charge in [0.25, 0.3) is 0 Å². The summed E-state index contributed by atoms with van der Waals surface area (Å²) in [5, 5.41) is 2.28. The summed E-state index contributed by atoms with van der Waals surface area (Å²) in [5.74, 6) is 0.696. The van der Waals surface area contributed by atoms with Gasteiger partial charge < -0.3 is 4.74 Å². The maximum atomic E-state index is 5.17. The van der Waals surface area contributed by atoms with E-state index in [0.29, 0.717) is 5.88 Å². The van der Waals surface area contributed by atoms with Gasteiger partial charge in [0.05, 0.1) is 7.11 Å². The Morgan fingerprint density at radius 3 is 2.54 bits per heavy atom. The van der Waals surface area contributed by atoms with E-state index in [1.54, 1.807) is 7.11 Å². The Bertz CT molecular complexity index is 437. The third-order valence-corrected chi connectivity index (χ3v) is 2.15. The van der Waals surface area contributed by atoms with E-state index < -0.39 is 0 Å². The van der Waals surface area contributed by atoms with Crippen LogP contribution in [0.5, 0.6) is 5.88 Å². The van der Waals surface area contributed by atoms with Crippen molar-refractivity contribution in [2.75, 3.05) is 7.11 Å². The molecule has 2 nitrogen and oxygen atoms in total. The van der Waals surface area contributed by atoms with Gasteiger partial charge in [-0.2, -0.15) is 0 Å². The molecule has 0 spiro atoms. The molecule has 1 heterocycles. The van der Waals surface area contributed by atoms with Gasteiger partial charge in [0.15, 0.2) is 0 Å². The van der Waals surface area contributed by atoms with Crippen LogP contribution in [0, 0.1) is 6.92 Å². The maximum absolute atomic E-state index is 5.17. The molecule has 0 saturated heterocycles. The van der Waals surface area contributed by atoms with Crippen molar-refractivity contribution in [2.24, 2.45) is 0 Å². The molecule has 0 aliphatic rings. The quantitative estimate of drug-likeness (QED) is 0.661. The predicted octanol–water partition coefficient (Wildman–Crippen LogP) is 2.55. The zero-order valence-electron chi connectivity index (χ0n) is 7.74. The highest BCUT2D eigenvalue weighted by molar-refractivity contribution is 5.89. The molecule has 0 aliphatic carbocycles. The van der Waals surface area contributed by atoms with Crippen LogP contribution < -0.4 is 4.74 Å². The summed E-state index contributed by atoms with van der Waals surface area (Å²) >= 11 is 0. The van der Waals surface area contributed by atoms with Gasteiger partial charge in [-0.15, -0.1) is 0 Å². The van der Waals surface area contributed by atoms with Gasteiger partial charge in [-0.1, -0.05) is 18.2 Å². The summed E-state index contributed by atoms with van der Waals surface area (Å²) in [4.78, 5) is 4.20. The summed E-state index contributed by atoms with van der Waals surface area (Å²) in [6.45, 7) is 2.05. The van der Waals surface area contributed by atoms with Crippen molar-refractivity contribution >= 4 is 10.8 Å². The molecule has 0 saturated carbocycles. The lowest BCUT2D eigenvalue weighted by molar-refractivity contribution is 0.403. The fourth-order valence-corrected chi connectivity index (χ4v) is 1.47. The SMILES string of the molecule is COc1ncc(C)c2ccccc12. The number of pyridine rings is 1. The van der Waals surface area contributed by atoms with E-state index >= 15 is 0 Å². The zero-order chi connectivity index (χ0) is 9.26. The molecule has 0 unspecified atom stereocenters. The van der Waals surface area contributed by atoms with Crippen LogP contribution in [-0.2, 0) is 0 Å². The first-order chi connectivity index (χ1) is 6.33. The number of fused-ring (bicyclic) bond motifs is 1. The summed E-state index contributed by atoms with van der Waals surface area (Å²) < 4.78 is 5.17. The van der Waals surface area contributed by atoms with E-state index in [1.165, 1.54) is 10.9 Å². The van der Waals surface area contributed by atoms with E-state index in [0.717, 1.165) is 5.39 Å². The molecule has 0 amide bonds. The molecule has 66 valence electrons. The van der Waals surface area contributed by atoms with Gasteiger partial charge in [0, 0.05) is 11.6 Å². The lowest BCUT2D eigenvalue weighted by atomic mass is 10.1. The van der Waals surface area contributed by atoms with Crippen molar-refractivity contribution in [3.05, 3.63) is 36.0 Å². The summed E-state index contributed by atoms with van der Waals surface area (Å²) in [7, 11) is 1.64. The lowest BCUT2D eigenvalue weighted by Crippen LogP contribution is -1.90. The van der Waals surface area contributed by atoms with E-state index in [1.807, 2.05) is 24.4 Å². The van der Waals surface area contributed by atoms with Crippen molar-refractivity contribution in [3.63, 3.8) is 0 Å². The number of benzene rings is 1. The molecule has 0 bridgehead atoms. The largest absolute Gasteiger partial charge is 0.481 e. The fourth-order valence-electron chi connectivity index (χ4n) is 1.47. The van der Waals surface area contributed by atoms with Crippen LogP contribution in [0.25, 0.3) is 10.8 Å². The highest BCUT2D eigenvalue weighted by Crippen LogP contribution is 2.24. The minimum Gasteiger partial charge on any atom is -0.481 e. The number of nitrogens with zero attached hydrogens (tertiary/aromatic N) is 1. The first-order valence-electron chi connectivity index (χ1n) is 4.21. The molecule has 0 N–H and O–H groups in total. The number of hydrogen-bond donors (Lipinski definition) is 0. The van der Waals surface area contributed by atoms with Gasteiger partial charge in [0.2, 0.25) is 5.88 Å². The highest BCUT2D eigenvalue weighted by atomic mass is 16.5. The van der Waals surface area contributed by atoms with Crippen LogP contribution in [0.4, 0.5) is 0 Å². The number of aryl methyl sites for hydroxylation is 1. The van der Waals surface area contributed by atoms with Gasteiger partial charge >= 0.3 is 0 Å². The second-order valence-corrected chi connectivity index (χ2v) is 3.00.